The van der Waals surface area contributed by atoms with Crippen molar-refractivity contribution < 1.29 is 22.8 Å². The fourth-order valence-corrected chi connectivity index (χ4v) is 4.38. The van der Waals surface area contributed by atoms with Crippen LogP contribution in [0.1, 0.15) is 63.4 Å². The summed E-state index contributed by atoms with van der Waals surface area (Å²) in [6.07, 6.45) is 5.03. The zero-order valence-corrected chi connectivity index (χ0v) is 20.3. The number of rotatable bonds is 9. The van der Waals surface area contributed by atoms with Gasteiger partial charge in [-0.2, -0.15) is 4.98 Å². The van der Waals surface area contributed by atoms with Crippen molar-refractivity contribution in [1.29, 1.82) is 0 Å². The van der Waals surface area contributed by atoms with Crippen LogP contribution in [0.4, 0.5) is 14.8 Å². The summed E-state index contributed by atoms with van der Waals surface area (Å²) < 4.78 is 36.0. The number of hydrogen-bond donors (Lipinski definition) is 1. The SMILES string of the molecule is CC(C)c1noc(N2CCC(COc3ccc(C4=CCC(C(=O)NCC(F)F)CC4)nc3)CC2)n1. The molecule has 0 aromatic carbocycles. The highest BCUT2D eigenvalue weighted by Gasteiger charge is 2.25. The molecule has 0 radical (unpaired) electrons. The average Bonchev–Trinajstić information content (AvgIpc) is 3.38. The first-order chi connectivity index (χ1) is 16.9. The Morgan fingerprint density at radius 3 is 2.66 bits per heavy atom. The standard InChI is InChI=1S/C25H33F2N5O3/c1-16(2)23-30-25(35-31-23)32-11-9-17(10-12-32)15-34-20-7-8-21(28-13-20)18-3-5-19(6-4-18)24(33)29-14-22(26)27/h3,7-8,13,16-17,19,22H,4-6,9-12,14-15H2,1-2H3,(H,29,33). The number of anilines is 1. The van der Waals surface area contributed by atoms with Gasteiger partial charge in [0.1, 0.15) is 5.75 Å². The summed E-state index contributed by atoms with van der Waals surface area (Å²) in [6.45, 7) is 5.86. The summed E-state index contributed by atoms with van der Waals surface area (Å²) in [5.74, 6) is 1.60. The van der Waals surface area contributed by atoms with Crippen molar-refractivity contribution in [3.05, 3.63) is 35.9 Å². The number of allylic oxidation sites excluding steroid dienone is 2. The summed E-state index contributed by atoms with van der Waals surface area (Å²) in [5, 5.41) is 6.35. The van der Waals surface area contributed by atoms with Gasteiger partial charge in [0, 0.05) is 24.9 Å². The minimum absolute atomic E-state index is 0.247. The maximum absolute atomic E-state index is 12.3. The largest absolute Gasteiger partial charge is 0.492 e. The molecule has 1 N–H and O–H groups in total. The molecule has 2 aliphatic rings. The van der Waals surface area contributed by atoms with E-state index in [-0.39, 0.29) is 17.7 Å². The molecule has 4 rings (SSSR count). The molecular formula is C25H33F2N5O3. The van der Waals surface area contributed by atoms with Gasteiger partial charge in [-0.1, -0.05) is 25.1 Å². The predicted octanol–water partition coefficient (Wildman–Crippen LogP) is 4.45. The number of piperidine rings is 1. The van der Waals surface area contributed by atoms with Crippen molar-refractivity contribution in [3.8, 4) is 5.75 Å². The highest BCUT2D eigenvalue weighted by molar-refractivity contribution is 5.80. The van der Waals surface area contributed by atoms with Gasteiger partial charge in [-0.25, -0.2) is 8.78 Å². The molecule has 2 aromatic heterocycles. The molecule has 8 nitrogen and oxygen atoms in total. The number of carbonyl (C=O) groups is 1. The van der Waals surface area contributed by atoms with E-state index in [1.807, 2.05) is 32.1 Å². The molecule has 0 spiro atoms. The Morgan fingerprint density at radius 1 is 1.26 bits per heavy atom. The summed E-state index contributed by atoms with van der Waals surface area (Å²) in [4.78, 5) is 23.1. The third kappa shape index (κ3) is 6.76. The van der Waals surface area contributed by atoms with Crippen LogP contribution in [0.25, 0.3) is 5.57 Å². The van der Waals surface area contributed by atoms with E-state index >= 15 is 0 Å². The Morgan fingerprint density at radius 2 is 2.06 bits per heavy atom. The first kappa shape index (κ1) is 25.1. The molecule has 1 saturated heterocycles. The van der Waals surface area contributed by atoms with Gasteiger partial charge in [0.25, 0.3) is 6.43 Å². The van der Waals surface area contributed by atoms with Crippen LogP contribution < -0.4 is 15.0 Å². The second-order valence-electron chi connectivity index (χ2n) is 9.55. The molecule has 1 atom stereocenters. The van der Waals surface area contributed by atoms with Crippen LogP contribution in [0, 0.1) is 11.8 Å². The second-order valence-corrected chi connectivity index (χ2v) is 9.55. The van der Waals surface area contributed by atoms with Crippen molar-refractivity contribution in [3.63, 3.8) is 0 Å². The van der Waals surface area contributed by atoms with Crippen molar-refractivity contribution in [1.82, 2.24) is 20.4 Å². The Balaban J connectivity index is 1.20. The summed E-state index contributed by atoms with van der Waals surface area (Å²) in [7, 11) is 0. The first-order valence-electron chi connectivity index (χ1n) is 12.3. The Hall–Kier alpha value is -3.04. The van der Waals surface area contributed by atoms with E-state index in [4.69, 9.17) is 9.26 Å². The Labute approximate surface area is 204 Å². The van der Waals surface area contributed by atoms with Crippen LogP contribution in [0.2, 0.25) is 0 Å². The number of amides is 1. The maximum atomic E-state index is 12.3. The number of pyridine rings is 1. The summed E-state index contributed by atoms with van der Waals surface area (Å²) in [5.41, 5.74) is 1.93. The molecular weight excluding hydrogens is 456 g/mol. The molecule has 1 aliphatic carbocycles. The molecule has 0 saturated carbocycles. The Kier molecular flexibility index (Phi) is 8.30. The van der Waals surface area contributed by atoms with Gasteiger partial charge in [-0.15, -0.1) is 0 Å². The number of alkyl halides is 2. The van der Waals surface area contributed by atoms with Crippen LogP contribution in [-0.4, -0.2) is 53.7 Å². The van der Waals surface area contributed by atoms with Crippen molar-refractivity contribution in [2.75, 3.05) is 31.1 Å². The maximum Gasteiger partial charge on any atom is 0.324 e. The van der Waals surface area contributed by atoms with Gasteiger partial charge in [-0.05, 0) is 55.7 Å². The van der Waals surface area contributed by atoms with Gasteiger partial charge in [0.15, 0.2) is 5.82 Å². The number of hydrogen-bond acceptors (Lipinski definition) is 7. The number of halogens is 2. The molecule has 1 amide bonds. The fraction of sp³-hybridized carbons (Fsp3) is 0.600. The third-order valence-corrected chi connectivity index (χ3v) is 6.60. The lowest BCUT2D eigenvalue weighted by Gasteiger charge is -2.30. The number of carbonyl (C=O) groups excluding carboxylic acids is 1. The zero-order valence-electron chi connectivity index (χ0n) is 20.3. The van der Waals surface area contributed by atoms with E-state index < -0.39 is 13.0 Å². The minimum Gasteiger partial charge on any atom is -0.492 e. The third-order valence-electron chi connectivity index (χ3n) is 6.60. The van der Waals surface area contributed by atoms with Gasteiger partial charge < -0.3 is 19.5 Å². The predicted molar refractivity (Wildman–Crippen MR) is 127 cm³/mol. The molecule has 190 valence electrons. The first-order valence-corrected chi connectivity index (χ1v) is 12.3. The lowest BCUT2D eigenvalue weighted by atomic mass is 9.87. The van der Waals surface area contributed by atoms with E-state index in [0.717, 1.165) is 48.8 Å². The van der Waals surface area contributed by atoms with Crippen LogP contribution >= 0.6 is 0 Å². The highest BCUT2D eigenvalue weighted by Crippen LogP contribution is 2.30. The lowest BCUT2D eigenvalue weighted by molar-refractivity contribution is -0.125. The smallest absolute Gasteiger partial charge is 0.324 e. The fourth-order valence-electron chi connectivity index (χ4n) is 4.38. The van der Waals surface area contributed by atoms with Gasteiger partial charge in [0.05, 0.1) is 25.0 Å². The number of aromatic nitrogens is 3. The van der Waals surface area contributed by atoms with Crippen LogP contribution in [0.15, 0.2) is 28.9 Å². The second kappa shape index (κ2) is 11.6. The number of ether oxygens (including phenoxy) is 1. The van der Waals surface area contributed by atoms with Crippen molar-refractivity contribution in [2.45, 2.75) is 58.3 Å². The van der Waals surface area contributed by atoms with Gasteiger partial charge >= 0.3 is 6.01 Å². The van der Waals surface area contributed by atoms with E-state index in [9.17, 15) is 13.6 Å². The van der Waals surface area contributed by atoms with Gasteiger partial charge in [-0.3, -0.25) is 9.78 Å². The van der Waals surface area contributed by atoms with E-state index in [1.165, 1.54) is 0 Å². The van der Waals surface area contributed by atoms with Crippen molar-refractivity contribution in [2.24, 2.45) is 11.8 Å². The Bertz CT molecular complexity index is 1000. The topological polar surface area (TPSA) is 93.4 Å². The van der Waals surface area contributed by atoms with Crippen LogP contribution in [-0.2, 0) is 4.79 Å². The molecule has 2 aromatic rings. The molecule has 0 bridgehead atoms. The van der Waals surface area contributed by atoms with Gasteiger partial charge in [0.2, 0.25) is 5.91 Å². The van der Waals surface area contributed by atoms with Crippen LogP contribution in [0.5, 0.6) is 5.75 Å². The van der Waals surface area contributed by atoms with E-state index in [1.54, 1.807) is 6.20 Å². The quantitative estimate of drug-likeness (QED) is 0.556. The monoisotopic (exact) mass is 489 g/mol. The van der Waals surface area contributed by atoms with E-state index in [2.05, 4.69) is 25.3 Å². The van der Waals surface area contributed by atoms with Crippen molar-refractivity contribution >= 4 is 17.5 Å². The van der Waals surface area contributed by atoms with Crippen LogP contribution in [0.3, 0.4) is 0 Å². The minimum atomic E-state index is -2.53. The zero-order chi connectivity index (χ0) is 24.8. The van der Waals surface area contributed by atoms with E-state index in [0.29, 0.717) is 37.8 Å². The molecule has 1 unspecified atom stereocenters. The molecule has 3 heterocycles. The summed E-state index contributed by atoms with van der Waals surface area (Å²) in [6, 6.07) is 4.46. The lowest BCUT2D eigenvalue weighted by Crippen LogP contribution is -2.35. The number of nitrogens with zero attached hydrogens (tertiary/aromatic N) is 4. The molecule has 10 heteroatoms. The summed E-state index contributed by atoms with van der Waals surface area (Å²) >= 11 is 0. The molecule has 1 aliphatic heterocycles. The normalized spacial score (nSPS) is 19.2. The highest BCUT2D eigenvalue weighted by atomic mass is 19.3. The molecule has 35 heavy (non-hydrogen) atoms. The number of nitrogens with one attached hydrogen (secondary N) is 1. The average molecular weight is 490 g/mol. The molecule has 1 fully saturated rings.